The molecule has 1 amide bonds. The van der Waals surface area contributed by atoms with E-state index in [1.807, 2.05) is 20.0 Å². The van der Waals surface area contributed by atoms with Gasteiger partial charge in [0, 0.05) is 23.3 Å². The first-order chi connectivity index (χ1) is 9.01. The van der Waals surface area contributed by atoms with Crippen LogP contribution < -0.4 is 10.1 Å². The zero-order chi connectivity index (χ0) is 14.0. The van der Waals surface area contributed by atoms with Crippen molar-refractivity contribution in [2.75, 3.05) is 12.4 Å². The quantitative estimate of drug-likeness (QED) is 0.944. The summed E-state index contributed by atoms with van der Waals surface area (Å²) >= 11 is 3.35. The second-order valence-electron chi connectivity index (χ2n) is 4.09. The zero-order valence-corrected chi connectivity index (χ0v) is 12.5. The molecule has 0 fully saturated rings. The van der Waals surface area contributed by atoms with Crippen LogP contribution in [-0.4, -0.2) is 22.8 Å². The van der Waals surface area contributed by atoms with E-state index in [0.29, 0.717) is 21.6 Å². The molecule has 100 valence electrons. The Morgan fingerprint density at radius 2 is 2.16 bits per heavy atom. The van der Waals surface area contributed by atoms with Crippen LogP contribution in [0.2, 0.25) is 0 Å². The third-order valence-corrected chi connectivity index (χ3v) is 3.47. The van der Waals surface area contributed by atoms with E-state index >= 15 is 0 Å². The maximum Gasteiger partial charge on any atom is 0.258 e. The fraction of sp³-hybridized carbons (Fsp3) is 0.231. The number of ether oxygens (including phenoxy) is 1. The number of methoxy groups -OCH3 is 1. The molecule has 0 radical (unpaired) electrons. The second-order valence-corrected chi connectivity index (χ2v) is 4.95. The van der Waals surface area contributed by atoms with Crippen molar-refractivity contribution in [2.24, 2.45) is 7.05 Å². The van der Waals surface area contributed by atoms with Crippen molar-refractivity contribution in [3.63, 3.8) is 0 Å². The molecule has 0 bridgehead atoms. The van der Waals surface area contributed by atoms with Gasteiger partial charge in [0.05, 0.1) is 12.7 Å². The van der Waals surface area contributed by atoms with Crippen LogP contribution in [0, 0.1) is 6.92 Å². The number of aromatic nitrogens is 2. The van der Waals surface area contributed by atoms with Crippen molar-refractivity contribution in [1.82, 2.24) is 9.78 Å². The van der Waals surface area contributed by atoms with Crippen molar-refractivity contribution in [1.29, 1.82) is 0 Å². The van der Waals surface area contributed by atoms with Gasteiger partial charge in [-0.15, -0.1) is 0 Å². The molecule has 2 rings (SSSR count). The van der Waals surface area contributed by atoms with Crippen molar-refractivity contribution < 1.29 is 9.53 Å². The average Bonchev–Trinajstić information content (AvgIpc) is 2.68. The standard InChI is InChI=1S/C13H14BrN3O2/c1-8-6-12(16-17(8)2)15-13(18)10-7-9(19-3)4-5-11(10)14/h4-7H,1-3H3,(H,15,16,18). The Morgan fingerprint density at radius 3 is 2.74 bits per heavy atom. The van der Waals surface area contributed by atoms with Gasteiger partial charge in [-0.3, -0.25) is 9.48 Å². The van der Waals surface area contributed by atoms with E-state index in [9.17, 15) is 4.79 Å². The van der Waals surface area contributed by atoms with Crippen LogP contribution in [0.1, 0.15) is 16.1 Å². The van der Waals surface area contributed by atoms with E-state index in [1.54, 1.807) is 30.0 Å². The Kier molecular flexibility index (Phi) is 3.90. The second kappa shape index (κ2) is 5.44. The number of benzene rings is 1. The lowest BCUT2D eigenvalue weighted by Crippen LogP contribution is -2.13. The summed E-state index contributed by atoms with van der Waals surface area (Å²) in [5.41, 5.74) is 1.47. The van der Waals surface area contributed by atoms with Crippen LogP contribution in [0.4, 0.5) is 5.82 Å². The number of halogens is 1. The summed E-state index contributed by atoms with van der Waals surface area (Å²) in [7, 11) is 3.39. The van der Waals surface area contributed by atoms with Crippen molar-refractivity contribution >= 4 is 27.7 Å². The lowest BCUT2D eigenvalue weighted by molar-refractivity contribution is 0.102. The van der Waals surface area contributed by atoms with Crippen molar-refractivity contribution in [2.45, 2.75) is 6.92 Å². The molecule has 0 saturated carbocycles. The van der Waals surface area contributed by atoms with Crippen LogP contribution >= 0.6 is 15.9 Å². The van der Waals surface area contributed by atoms with Gasteiger partial charge in [-0.1, -0.05) is 0 Å². The Hall–Kier alpha value is -1.82. The SMILES string of the molecule is COc1ccc(Br)c(C(=O)Nc2cc(C)n(C)n2)c1. The van der Waals surface area contributed by atoms with Crippen LogP contribution in [-0.2, 0) is 7.05 Å². The van der Waals surface area contributed by atoms with Gasteiger partial charge in [-0.2, -0.15) is 5.10 Å². The molecular weight excluding hydrogens is 310 g/mol. The molecule has 0 aliphatic heterocycles. The summed E-state index contributed by atoms with van der Waals surface area (Å²) in [6, 6.07) is 7.05. The largest absolute Gasteiger partial charge is 0.497 e. The monoisotopic (exact) mass is 323 g/mol. The highest BCUT2D eigenvalue weighted by Gasteiger charge is 2.13. The predicted octanol–water partition coefficient (Wildman–Crippen LogP) is 2.75. The lowest BCUT2D eigenvalue weighted by atomic mass is 10.2. The maximum atomic E-state index is 12.2. The van der Waals surface area contributed by atoms with Gasteiger partial charge < -0.3 is 10.1 Å². The normalized spacial score (nSPS) is 10.3. The summed E-state index contributed by atoms with van der Waals surface area (Å²) in [5.74, 6) is 0.925. The molecule has 5 nitrogen and oxygen atoms in total. The fourth-order valence-electron chi connectivity index (χ4n) is 1.61. The summed E-state index contributed by atoms with van der Waals surface area (Å²) in [6.07, 6.45) is 0. The van der Waals surface area contributed by atoms with Gasteiger partial charge >= 0.3 is 0 Å². The number of rotatable bonds is 3. The predicted molar refractivity (Wildman–Crippen MR) is 76.6 cm³/mol. The minimum Gasteiger partial charge on any atom is -0.497 e. The molecule has 19 heavy (non-hydrogen) atoms. The van der Waals surface area contributed by atoms with Crippen LogP contribution in [0.3, 0.4) is 0 Å². The van der Waals surface area contributed by atoms with Gasteiger partial charge in [-0.25, -0.2) is 0 Å². The van der Waals surface area contributed by atoms with Crippen LogP contribution in [0.5, 0.6) is 5.75 Å². The van der Waals surface area contributed by atoms with Crippen molar-refractivity contribution in [3.05, 3.63) is 40.0 Å². The van der Waals surface area contributed by atoms with E-state index < -0.39 is 0 Å². The van der Waals surface area contributed by atoms with Gasteiger partial charge in [0.15, 0.2) is 5.82 Å². The first kappa shape index (κ1) is 13.6. The molecule has 0 atom stereocenters. The highest BCUT2D eigenvalue weighted by Crippen LogP contribution is 2.23. The Bertz CT molecular complexity index is 603. The van der Waals surface area contributed by atoms with Crippen LogP contribution in [0.25, 0.3) is 0 Å². The smallest absolute Gasteiger partial charge is 0.258 e. The van der Waals surface area contributed by atoms with Crippen LogP contribution in [0.15, 0.2) is 28.7 Å². The van der Waals surface area contributed by atoms with Crippen molar-refractivity contribution in [3.8, 4) is 5.75 Å². The molecule has 0 aliphatic rings. The number of carbonyl (C=O) groups is 1. The van der Waals surface area contributed by atoms with Gasteiger partial charge in [0.2, 0.25) is 0 Å². The number of nitrogens with zero attached hydrogens (tertiary/aromatic N) is 2. The molecular formula is C13H14BrN3O2. The molecule has 1 aromatic carbocycles. The molecule has 0 aliphatic carbocycles. The molecule has 0 spiro atoms. The Labute approximate surface area is 119 Å². The number of nitrogens with one attached hydrogen (secondary N) is 1. The molecule has 1 heterocycles. The minimum atomic E-state index is -0.233. The number of hydrogen-bond acceptors (Lipinski definition) is 3. The highest BCUT2D eigenvalue weighted by atomic mass is 79.9. The maximum absolute atomic E-state index is 12.2. The van der Waals surface area contributed by atoms with E-state index in [0.717, 1.165) is 5.69 Å². The summed E-state index contributed by atoms with van der Waals surface area (Å²) in [6.45, 7) is 1.92. The fourth-order valence-corrected chi connectivity index (χ4v) is 2.04. The van der Waals surface area contributed by atoms with E-state index in [1.165, 1.54) is 0 Å². The molecule has 6 heteroatoms. The zero-order valence-electron chi connectivity index (χ0n) is 10.9. The number of amides is 1. The Morgan fingerprint density at radius 1 is 1.42 bits per heavy atom. The molecule has 1 aromatic heterocycles. The van der Waals surface area contributed by atoms with Gasteiger partial charge in [-0.05, 0) is 41.1 Å². The minimum absolute atomic E-state index is 0.233. The Balaban J connectivity index is 2.24. The summed E-state index contributed by atoms with van der Waals surface area (Å²) < 4.78 is 7.52. The summed E-state index contributed by atoms with van der Waals surface area (Å²) in [5, 5.41) is 6.94. The van der Waals surface area contributed by atoms with E-state index in [2.05, 4.69) is 26.3 Å². The number of aryl methyl sites for hydroxylation is 2. The summed E-state index contributed by atoms with van der Waals surface area (Å²) in [4.78, 5) is 12.2. The molecule has 1 N–H and O–H groups in total. The van der Waals surface area contributed by atoms with Gasteiger partial charge in [0.25, 0.3) is 5.91 Å². The third-order valence-electron chi connectivity index (χ3n) is 2.77. The molecule has 0 unspecified atom stereocenters. The number of anilines is 1. The third kappa shape index (κ3) is 2.96. The van der Waals surface area contributed by atoms with E-state index in [4.69, 9.17) is 4.74 Å². The van der Waals surface area contributed by atoms with E-state index in [-0.39, 0.29) is 5.91 Å². The first-order valence-corrected chi connectivity index (χ1v) is 6.46. The van der Waals surface area contributed by atoms with Gasteiger partial charge in [0.1, 0.15) is 5.75 Å². The highest BCUT2D eigenvalue weighted by molar-refractivity contribution is 9.10. The number of hydrogen-bond donors (Lipinski definition) is 1. The first-order valence-electron chi connectivity index (χ1n) is 5.67. The average molecular weight is 324 g/mol. The molecule has 2 aromatic rings. The topological polar surface area (TPSA) is 56.1 Å². The number of carbonyl (C=O) groups excluding carboxylic acids is 1. The lowest BCUT2D eigenvalue weighted by Gasteiger charge is -2.06. The molecule has 0 saturated heterocycles.